The number of methoxy groups -OCH3 is 1. The molecule has 0 saturated carbocycles. The Kier molecular flexibility index (Phi) is 8.79. The first-order valence-corrected chi connectivity index (χ1v) is 15.5. The SMILES string of the molecule is CCOC(=O)c1c(NC(=O)CSc2nnc(-c3cc(C)n(C)n3)n2-c2ccccc2OC)sc2c1CCC(CC)C2. The van der Waals surface area contributed by atoms with Crippen molar-refractivity contribution < 1.29 is 19.1 Å². The Labute approximate surface area is 247 Å². The number of hydrogen-bond acceptors (Lipinski definition) is 9. The van der Waals surface area contributed by atoms with Crippen molar-refractivity contribution in [3.05, 3.63) is 52.0 Å². The molecule has 41 heavy (non-hydrogen) atoms. The van der Waals surface area contributed by atoms with Gasteiger partial charge in [0, 0.05) is 17.6 Å². The number of aromatic nitrogens is 5. The number of carbonyl (C=O) groups is 2. The number of fused-ring (bicyclic) bond motifs is 1. The molecule has 216 valence electrons. The number of amides is 1. The van der Waals surface area contributed by atoms with Crippen LogP contribution in [0.3, 0.4) is 0 Å². The van der Waals surface area contributed by atoms with E-state index in [4.69, 9.17) is 9.47 Å². The fourth-order valence-corrected chi connectivity index (χ4v) is 7.14. The third kappa shape index (κ3) is 5.89. The average molecular weight is 595 g/mol. The molecule has 12 heteroatoms. The van der Waals surface area contributed by atoms with Crippen LogP contribution >= 0.6 is 23.1 Å². The predicted octanol–water partition coefficient (Wildman–Crippen LogP) is 5.47. The smallest absolute Gasteiger partial charge is 0.341 e. The quantitative estimate of drug-likeness (QED) is 0.190. The molecule has 10 nitrogen and oxygen atoms in total. The van der Waals surface area contributed by atoms with Crippen molar-refractivity contribution in [2.45, 2.75) is 51.6 Å². The number of aryl methyl sites for hydroxylation is 2. The summed E-state index contributed by atoms with van der Waals surface area (Å²) in [4.78, 5) is 27.4. The minimum absolute atomic E-state index is 0.0664. The van der Waals surface area contributed by atoms with Crippen molar-refractivity contribution in [1.29, 1.82) is 0 Å². The van der Waals surface area contributed by atoms with E-state index in [9.17, 15) is 9.59 Å². The summed E-state index contributed by atoms with van der Waals surface area (Å²) in [5.41, 5.74) is 3.90. The van der Waals surface area contributed by atoms with Crippen molar-refractivity contribution in [3.63, 3.8) is 0 Å². The molecule has 3 aromatic heterocycles. The summed E-state index contributed by atoms with van der Waals surface area (Å²) in [7, 11) is 3.48. The summed E-state index contributed by atoms with van der Waals surface area (Å²) in [5.74, 6) is 1.22. The maximum atomic E-state index is 13.3. The summed E-state index contributed by atoms with van der Waals surface area (Å²) < 4.78 is 14.6. The molecule has 1 N–H and O–H groups in total. The summed E-state index contributed by atoms with van der Waals surface area (Å²) in [6.07, 6.45) is 3.87. The van der Waals surface area contributed by atoms with Crippen LogP contribution in [0.25, 0.3) is 17.2 Å². The Hall–Kier alpha value is -3.64. The van der Waals surface area contributed by atoms with Gasteiger partial charge in [-0.1, -0.05) is 37.2 Å². The minimum atomic E-state index is -0.380. The molecule has 0 spiro atoms. The maximum Gasteiger partial charge on any atom is 0.341 e. The van der Waals surface area contributed by atoms with Gasteiger partial charge in [-0.05, 0) is 62.8 Å². The van der Waals surface area contributed by atoms with Crippen molar-refractivity contribution in [3.8, 4) is 23.0 Å². The van der Waals surface area contributed by atoms with Crippen LogP contribution in [-0.4, -0.2) is 55.9 Å². The zero-order valence-corrected chi connectivity index (χ0v) is 25.5. The van der Waals surface area contributed by atoms with E-state index in [0.717, 1.165) is 42.6 Å². The van der Waals surface area contributed by atoms with Gasteiger partial charge >= 0.3 is 5.97 Å². The van der Waals surface area contributed by atoms with Crippen molar-refractivity contribution in [2.24, 2.45) is 13.0 Å². The van der Waals surface area contributed by atoms with E-state index in [1.165, 1.54) is 28.0 Å². The Morgan fingerprint density at radius 1 is 1.22 bits per heavy atom. The molecule has 4 aromatic rings. The van der Waals surface area contributed by atoms with Crippen LogP contribution in [0.1, 0.15) is 53.2 Å². The molecule has 1 atom stereocenters. The number of nitrogens with zero attached hydrogens (tertiary/aromatic N) is 5. The van der Waals surface area contributed by atoms with Gasteiger partial charge in [-0.2, -0.15) is 5.10 Å². The standard InChI is InChI=1S/C29H34N6O4S2/c1-6-18-12-13-19-23(15-18)41-27(25(19)28(37)39-7-2)30-24(36)16-40-29-32-31-26(20-14-17(3)34(4)33-20)35(29)21-10-8-9-11-22(21)38-5/h8-11,14,18H,6-7,12-13,15-16H2,1-5H3,(H,30,36). The average Bonchev–Trinajstić information content (AvgIpc) is 3.65. The molecule has 0 aliphatic heterocycles. The van der Waals surface area contributed by atoms with Crippen LogP contribution in [0.2, 0.25) is 0 Å². The van der Waals surface area contributed by atoms with Crippen LogP contribution in [0.5, 0.6) is 5.75 Å². The Bertz CT molecular complexity index is 1550. The Morgan fingerprint density at radius 2 is 2.02 bits per heavy atom. The number of esters is 1. The Balaban J connectivity index is 1.42. The van der Waals surface area contributed by atoms with Gasteiger partial charge in [-0.25, -0.2) is 4.79 Å². The van der Waals surface area contributed by atoms with Crippen LogP contribution < -0.4 is 10.1 Å². The first-order valence-electron chi connectivity index (χ1n) is 13.7. The highest BCUT2D eigenvalue weighted by molar-refractivity contribution is 7.99. The molecule has 1 aromatic carbocycles. The zero-order valence-electron chi connectivity index (χ0n) is 23.9. The van der Waals surface area contributed by atoms with Gasteiger partial charge in [0.2, 0.25) is 5.91 Å². The second kappa shape index (κ2) is 12.5. The monoisotopic (exact) mass is 594 g/mol. The Morgan fingerprint density at radius 3 is 2.73 bits per heavy atom. The van der Waals surface area contributed by atoms with Gasteiger partial charge in [0.1, 0.15) is 16.4 Å². The fraction of sp³-hybridized carbons (Fsp3) is 0.414. The molecular formula is C29H34N6O4S2. The molecule has 5 rings (SSSR count). The van der Waals surface area contributed by atoms with Crippen LogP contribution in [0.15, 0.2) is 35.5 Å². The molecule has 3 heterocycles. The second-order valence-corrected chi connectivity index (χ2v) is 11.9. The minimum Gasteiger partial charge on any atom is -0.495 e. The third-order valence-electron chi connectivity index (χ3n) is 7.31. The highest BCUT2D eigenvalue weighted by Crippen LogP contribution is 2.41. The summed E-state index contributed by atoms with van der Waals surface area (Å²) in [6.45, 7) is 6.23. The highest BCUT2D eigenvalue weighted by atomic mass is 32.2. The lowest BCUT2D eigenvalue weighted by Gasteiger charge is -2.20. The molecule has 0 fully saturated rings. The number of ether oxygens (including phenoxy) is 2. The number of thiophene rings is 1. The number of hydrogen-bond donors (Lipinski definition) is 1. The van der Waals surface area contributed by atoms with Crippen molar-refractivity contribution >= 4 is 40.0 Å². The summed E-state index contributed by atoms with van der Waals surface area (Å²) in [6, 6.07) is 9.52. The number of thioether (sulfide) groups is 1. The molecule has 1 amide bonds. The number of nitrogens with one attached hydrogen (secondary N) is 1. The van der Waals surface area contributed by atoms with Crippen molar-refractivity contribution in [2.75, 3.05) is 24.8 Å². The maximum absolute atomic E-state index is 13.3. The zero-order chi connectivity index (χ0) is 29.1. The lowest BCUT2D eigenvalue weighted by molar-refractivity contribution is -0.113. The molecule has 0 radical (unpaired) electrons. The lowest BCUT2D eigenvalue weighted by Crippen LogP contribution is -2.18. The number of anilines is 1. The van der Waals surface area contributed by atoms with Crippen LogP contribution in [-0.2, 0) is 29.4 Å². The number of benzene rings is 1. The molecule has 1 unspecified atom stereocenters. The van der Waals surface area contributed by atoms with Gasteiger partial charge in [0.05, 0.1) is 30.7 Å². The van der Waals surface area contributed by atoms with Crippen LogP contribution in [0, 0.1) is 12.8 Å². The van der Waals surface area contributed by atoms with Crippen molar-refractivity contribution in [1.82, 2.24) is 24.5 Å². The third-order valence-corrected chi connectivity index (χ3v) is 9.41. The van der Waals surface area contributed by atoms with Gasteiger partial charge in [-0.15, -0.1) is 21.5 Å². The largest absolute Gasteiger partial charge is 0.495 e. The van der Waals surface area contributed by atoms with E-state index in [0.29, 0.717) is 38.9 Å². The van der Waals surface area contributed by atoms with E-state index in [-0.39, 0.29) is 24.2 Å². The fourth-order valence-electron chi connectivity index (χ4n) is 5.03. The summed E-state index contributed by atoms with van der Waals surface area (Å²) >= 11 is 2.75. The lowest BCUT2D eigenvalue weighted by atomic mass is 9.85. The first kappa shape index (κ1) is 28.9. The predicted molar refractivity (Wildman–Crippen MR) is 160 cm³/mol. The van der Waals surface area contributed by atoms with Gasteiger partial charge < -0.3 is 14.8 Å². The van der Waals surface area contributed by atoms with Gasteiger partial charge in [0.25, 0.3) is 0 Å². The molecular weight excluding hydrogens is 560 g/mol. The molecule has 1 aliphatic rings. The van der Waals surface area contributed by atoms with E-state index >= 15 is 0 Å². The molecule has 0 bridgehead atoms. The molecule has 0 saturated heterocycles. The second-order valence-electron chi connectivity index (χ2n) is 9.89. The topological polar surface area (TPSA) is 113 Å². The number of carbonyl (C=O) groups excluding carboxylic acids is 2. The number of rotatable bonds is 10. The normalized spacial score (nSPS) is 14.5. The van der Waals surface area contributed by atoms with E-state index in [1.54, 1.807) is 18.7 Å². The first-order chi connectivity index (χ1) is 19.8. The highest BCUT2D eigenvalue weighted by Gasteiger charge is 2.30. The van der Waals surface area contributed by atoms with Gasteiger partial charge in [-0.3, -0.25) is 14.0 Å². The van der Waals surface area contributed by atoms with Crippen LogP contribution in [0.4, 0.5) is 5.00 Å². The van der Waals surface area contributed by atoms with E-state index < -0.39 is 0 Å². The van der Waals surface area contributed by atoms with E-state index in [2.05, 4.69) is 27.5 Å². The van der Waals surface area contributed by atoms with E-state index in [1.807, 2.05) is 48.9 Å². The molecule has 1 aliphatic carbocycles. The summed E-state index contributed by atoms with van der Waals surface area (Å²) in [5, 5.41) is 17.5. The van der Waals surface area contributed by atoms with Gasteiger partial charge in [0.15, 0.2) is 11.0 Å². The number of para-hydroxylation sites is 2.